The molecule has 8 rings (SSSR count). The van der Waals surface area contributed by atoms with Gasteiger partial charge in [-0.3, -0.25) is 9.59 Å². The Kier molecular flexibility index (Phi) is 15.2. The zero-order valence-electron chi connectivity index (χ0n) is 40.5. The molecule has 3 saturated carbocycles. The molecular formula is C48H76O22. The quantitative estimate of drug-likeness (QED) is 0.0684. The Balaban J connectivity index is 0.974. The standard InChI is InChI=1S/C48H76O22/c1-44(2,70-42-35(59)33(57)30(54)25(17-50)67-42)38(61)23-15-19(39(62)64-23)20-9-13-47(5)22-7-8-27-45(3,21(22)10-14-46(20,47)4)12-11-28(52)48(27,6)43(63)69-41-36(60)37(31(55)26(18-51)66-41)68-40-34(58)32(56)29(53)24(16-49)65-40/h7,19-21,23-38,40-42,49-61H,8-18H2,1-6H3/t19-,20-,21-,23?,24+,25+,26+,27+,28+,29+,30+,31+,32-,33-,34+,35+,36+,37-,38-,40-,41-,42-,45+,46-,47+,48+/m0/s1. The van der Waals surface area contributed by atoms with Crippen molar-refractivity contribution in [3.8, 4) is 0 Å². The zero-order chi connectivity index (χ0) is 51.4. The minimum atomic E-state index is -1.96. The summed E-state index contributed by atoms with van der Waals surface area (Å²) < 4.78 is 40.1. The predicted molar refractivity (Wildman–Crippen MR) is 235 cm³/mol. The van der Waals surface area contributed by atoms with Crippen LogP contribution < -0.4 is 0 Å². The molecule has 8 aliphatic rings. The van der Waals surface area contributed by atoms with Gasteiger partial charge in [0.2, 0.25) is 6.29 Å². The van der Waals surface area contributed by atoms with Gasteiger partial charge in [0.1, 0.15) is 85.5 Å². The third kappa shape index (κ3) is 8.50. The van der Waals surface area contributed by atoms with Crippen LogP contribution in [0.4, 0.5) is 0 Å². The lowest BCUT2D eigenvalue weighted by Gasteiger charge is -2.64. The van der Waals surface area contributed by atoms with E-state index in [9.17, 15) is 76.0 Å². The molecule has 0 aromatic rings. The molecule has 4 saturated heterocycles. The van der Waals surface area contributed by atoms with Crippen molar-refractivity contribution in [2.24, 2.45) is 45.3 Å². The fourth-order valence-electron chi connectivity index (χ4n) is 14.4. The van der Waals surface area contributed by atoms with Crippen molar-refractivity contribution in [3.05, 3.63) is 11.6 Å². The van der Waals surface area contributed by atoms with E-state index in [1.54, 1.807) is 6.92 Å². The van der Waals surface area contributed by atoms with E-state index in [0.717, 1.165) is 6.42 Å². The van der Waals surface area contributed by atoms with Crippen LogP contribution in [0, 0.1) is 45.3 Å². The van der Waals surface area contributed by atoms with Gasteiger partial charge in [0.15, 0.2) is 12.6 Å². The fraction of sp³-hybridized carbons (Fsp3) is 0.917. The molecule has 0 amide bonds. The summed E-state index contributed by atoms with van der Waals surface area (Å²) >= 11 is 0. The summed E-state index contributed by atoms with van der Waals surface area (Å²) in [5.41, 5.74) is -3.14. The van der Waals surface area contributed by atoms with Crippen LogP contribution >= 0.6 is 0 Å². The number of hydrogen-bond donors (Lipinski definition) is 13. The molecule has 22 nitrogen and oxygen atoms in total. The van der Waals surface area contributed by atoms with Crippen LogP contribution in [0.2, 0.25) is 0 Å². The van der Waals surface area contributed by atoms with Gasteiger partial charge >= 0.3 is 11.9 Å². The second-order valence-electron chi connectivity index (χ2n) is 22.9. The van der Waals surface area contributed by atoms with E-state index in [0.29, 0.717) is 32.1 Å². The minimum absolute atomic E-state index is 0.0325. The average molecular weight is 1010 g/mol. The monoisotopic (exact) mass is 1000 g/mol. The van der Waals surface area contributed by atoms with Crippen molar-refractivity contribution in [1.29, 1.82) is 0 Å². The summed E-state index contributed by atoms with van der Waals surface area (Å²) in [6, 6.07) is 0. The van der Waals surface area contributed by atoms with Gasteiger partial charge in [0, 0.05) is 6.42 Å². The summed E-state index contributed by atoms with van der Waals surface area (Å²) in [7, 11) is 0. The number of aliphatic hydroxyl groups is 13. The Morgan fingerprint density at radius 3 is 1.91 bits per heavy atom. The molecule has 70 heavy (non-hydrogen) atoms. The molecule has 400 valence electrons. The number of hydrogen-bond acceptors (Lipinski definition) is 22. The minimum Gasteiger partial charge on any atom is -0.459 e. The first-order valence-electron chi connectivity index (χ1n) is 24.8. The van der Waals surface area contributed by atoms with Gasteiger partial charge < -0.3 is 99.5 Å². The van der Waals surface area contributed by atoms with Crippen LogP contribution in [0.1, 0.15) is 92.9 Å². The van der Waals surface area contributed by atoms with Crippen LogP contribution in [0.25, 0.3) is 0 Å². The van der Waals surface area contributed by atoms with E-state index >= 15 is 0 Å². The molecule has 7 fully saturated rings. The highest BCUT2D eigenvalue weighted by molar-refractivity contribution is 5.78. The van der Waals surface area contributed by atoms with E-state index in [2.05, 4.69) is 26.8 Å². The highest BCUT2D eigenvalue weighted by Gasteiger charge is 2.69. The topological polar surface area (TPSA) is 362 Å². The molecule has 4 aliphatic carbocycles. The van der Waals surface area contributed by atoms with Crippen LogP contribution in [0.15, 0.2) is 11.6 Å². The highest BCUT2D eigenvalue weighted by Crippen LogP contribution is 2.74. The summed E-state index contributed by atoms with van der Waals surface area (Å²) in [5.74, 6) is -2.54. The molecule has 0 aromatic carbocycles. The number of fused-ring (bicyclic) bond motifs is 5. The Labute approximate surface area is 406 Å². The van der Waals surface area contributed by atoms with Crippen molar-refractivity contribution < 1.29 is 109 Å². The third-order valence-electron chi connectivity index (χ3n) is 19.0. The Bertz CT molecular complexity index is 1930. The molecule has 0 aromatic heterocycles. The average Bonchev–Trinajstić information content (AvgIpc) is 3.84. The molecule has 0 bridgehead atoms. The van der Waals surface area contributed by atoms with Gasteiger partial charge in [-0.15, -0.1) is 0 Å². The van der Waals surface area contributed by atoms with Crippen LogP contribution in [-0.4, -0.2) is 214 Å². The van der Waals surface area contributed by atoms with E-state index in [1.165, 1.54) is 19.4 Å². The second-order valence-corrected chi connectivity index (χ2v) is 22.9. The highest BCUT2D eigenvalue weighted by atomic mass is 16.7. The summed E-state index contributed by atoms with van der Waals surface area (Å²) in [4.78, 5) is 28.6. The number of aliphatic hydroxyl groups excluding tert-OH is 13. The van der Waals surface area contributed by atoms with E-state index in [1.807, 2.05) is 0 Å². The lowest BCUT2D eigenvalue weighted by molar-refractivity contribution is -0.357. The van der Waals surface area contributed by atoms with Crippen molar-refractivity contribution in [2.75, 3.05) is 19.8 Å². The van der Waals surface area contributed by atoms with Crippen molar-refractivity contribution in [3.63, 3.8) is 0 Å². The Morgan fingerprint density at radius 2 is 1.30 bits per heavy atom. The molecule has 22 heteroatoms. The maximum atomic E-state index is 14.7. The number of ether oxygens (including phenoxy) is 7. The lowest BCUT2D eigenvalue weighted by atomic mass is 9.40. The molecule has 0 spiro atoms. The Hall–Kier alpha value is -2.04. The number of allylic oxidation sites excluding steroid dienone is 2. The smallest absolute Gasteiger partial charge is 0.317 e. The van der Waals surface area contributed by atoms with E-state index in [4.69, 9.17) is 33.2 Å². The first-order chi connectivity index (χ1) is 32.7. The molecular weight excluding hydrogens is 929 g/mol. The maximum Gasteiger partial charge on any atom is 0.317 e. The molecule has 0 radical (unpaired) electrons. The SMILES string of the molecule is CC(C)(O[C@@H]1O[C@H](CO)[C@@H](O)[C@H](O)[C@H]1O)[C@@H](O)C1C[C@@H]([C@@H]2CC[C@]3(C)C4=CC[C@@H]5[C@](C)(CC[C@@H](O)[C@]5(C)C(=O)O[C@@H]5O[C@H](CO)[C@@H](O)[C@H](O[C@@H]6O[C@H](CO)[C@@H](O)[C@H](O)[C@H]6O)[C@H]5O)[C@H]4CC[C@@]23C)C(=O)O1. The van der Waals surface area contributed by atoms with Crippen molar-refractivity contribution >= 4 is 11.9 Å². The van der Waals surface area contributed by atoms with Crippen molar-refractivity contribution in [1.82, 2.24) is 0 Å². The predicted octanol–water partition coefficient (Wildman–Crippen LogP) is -3.01. The van der Waals surface area contributed by atoms with Crippen LogP contribution in [0.3, 0.4) is 0 Å². The number of esters is 2. The molecule has 4 heterocycles. The van der Waals surface area contributed by atoms with Crippen LogP contribution in [-0.2, 0) is 42.7 Å². The zero-order valence-corrected chi connectivity index (χ0v) is 40.5. The maximum absolute atomic E-state index is 14.7. The second kappa shape index (κ2) is 19.6. The van der Waals surface area contributed by atoms with Crippen LogP contribution in [0.5, 0.6) is 0 Å². The first-order valence-corrected chi connectivity index (χ1v) is 24.8. The van der Waals surface area contributed by atoms with E-state index in [-0.39, 0.29) is 30.1 Å². The summed E-state index contributed by atoms with van der Waals surface area (Å²) in [6.45, 7) is 9.01. The molecule has 13 N–H and O–H groups in total. The lowest BCUT2D eigenvalue weighted by Crippen LogP contribution is -2.66. The number of cyclic esters (lactones) is 1. The fourth-order valence-corrected chi connectivity index (χ4v) is 14.4. The van der Waals surface area contributed by atoms with Gasteiger partial charge in [-0.1, -0.05) is 32.4 Å². The number of rotatable bonds is 12. The van der Waals surface area contributed by atoms with Gasteiger partial charge in [0.25, 0.3) is 0 Å². The normalized spacial score (nSPS) is 52.2. The molecule has 26 atom stereocenters. The first kappa shape index (κ1) is 54.2. The molecule has 1 unspecified atom stereocenters. The Morgan fingerprint density at radius 1 is 0.729 bits per heavy atom. The third-order valence-corrected chi connectivity index (χ3v) is 19.0. The van der Waals surface area contributed by atoms with Gasteiger partial charge in [-0.05, 0) is 99.7 Å². The summed E-state index contributed by atoms with van der Waals surface area (Å²) in [5, 5.41) is 138. The molecule has 4 aliphatic heterocycles. The van der Waals surface area contributed by atoms with E-state index < -0.39 is 176 Å². The summed E-state index contributed by atoms with van der Waals surface area (Å²) in [6.07, 6.45) is -22.3. The number of carbonyl (C=O) groups excluding carboxylic acids is 2. The number of carbonyl (C=O) groups is 2. The van der Waals surface area contributed by atoms with Gasteiger partial charge in [-0.25, -0.2) is 0 Å². The largest absolute Gasteiger partial charge is 0.459 e. The van der Waals surface area contributed by atoms with Gasteiger partial charge in [0.05, 0.1) is 42.9 Å². The van der Waals surface area contributed by atoms with Crippen molar-refractivity contribution in [2.45, 2.75) is 209 Å². The van der Waals surface area contributed by atoms with Gasteiger partial charge in [-0.2, -0.15) is 0 Å².